The quantitative estimate of drug-likeness (QED) is 0.692. The highest BCUT2D eigenvalue weighted by Crippen LogP contribution is 2.33. The fourth-order valence-corrected chi connectivity index (χ4v) is 5.07. The first-order valence-corrected chi connectivity index (χ1v) is 10.5. The van der Waals surface area contributed by atoms with Crippen molar-refractivity contribution < 1.29 is 17.2 Å². The zero-order valence-electron chi connectivity index (χ0n) is 15.7. The summed E-state index contributed by atoms with van der Waals surface area (Å²) < 4.78 is 56.4. The Bertz CT molecular complexity index is 1120. The van der Waals surface area contributed by atoms with Crippen molar-refractivity contribution in [2.75, 3.05) is 18.4 Å². The minimum atomic E-state index is -3.79. The first kappa shape index (κ1) is 19.5. The maximum atomic E-state index is 14.2. The highest BCUT2D eigenvalue weighted by molar-refractivity contribution is 7.89. The van der Waals surface area contributed by atoms with Crippen molar-refractivity contribution in [2.24, 2.45) is 7.05 Å². The van der Waals surface area contributed by atoms with Gasteiger partial charge in [-0.1, -0.05) is 30.3 Å². The molecule has 152 valence electrons. The van der Waals surface area contributed by atoms with Gasteiger partial charge in [-0.05, 0) is 17.7 Å². The van der Waals surface area contributed by atoms with Crippen molar-refractivity contribution in [1.82, 2.24) is 13.9 Å². The van der Waals surface area contributed by atoms with E-state index in [1.54, 1.807) is 11.6 Å². The lowest BCUT2D eigenvalue weighted by atomic mass is 9.94. The molecule has 1 fully saturated rings. The van der Waals surface area contributed by atoms with E-state index in [4.69, 9.17) is 0 Å². The lowest BCUT2D eigenvalue weighted by Gasteiger charge is -2.21. The van der Waals surface area contributed by atoms with Crippen molar-refractivity contribution in [3.05, 3.63) is 78.3 Å². The largest absolute Gasteiger partial charge is 0.378 e. The first-order valence-electron chi connectivity index (χ1n) is 9.09. The van der Waals surface area contributed by atoms with Gasteiger partial charge in [0.05, 0.1) is 12.0 Å². The Morgan fingerprint density at radius 1 is 1.10 bits per heavy atom. The van der Waals surface area contributed by atoms with E-state index >= 15 is 0 Å². The van der Waals surface area contributed by atoms with Gasteiger partial charge in [-0.2, -0.15) is 4.31 Å². The van der Waals surface area contributed by atoms with Crippen LogP contribution < -0.4 is 5.32 Å². The number of halogens is 2. The molecule has 2 aromatic carbocycles. The molecule has 0 spiro atoms. The summed E-state index contributed by atoms with van der Waals surface area (Å²) >= 11 is 0. The summed E-state index contributed by atoms with van der Waals surface area (Å²) in [6, 6.07) is 12.4. The minimum absolute atomic E-state index is 0.0274. The molecule has 0 saturated carbocycles. The molecule has 0 aliphatic carbocycles. The lowest BCUT2D eigenvalue weighted by molar-refractivity contribution is 0.468. The fourth-order valence-electron chi connectivity index (χ4n) is 3.61. The summed E-state index contributed by atoms with van der Waals surface area (Å²) in [6.07, 6.45) is 2.88. The van der Waals surface area contributed by atoms with Crippen LogP contribution in [-0.2, 0) is 17.1 Å². The normalized spacial score (nSPS) is 20.1. The summed E-state index contributed by atoms with van der Waals surface area (Å²) in [4.78, 5) is 3.97. The van der Waals surface area contributed by atoms with Gasteiger partial charge in [-0.3, -0.25) is 0 Å². The minimum Gasteiger partial charge on any atom is -0.378 e. The second kappa shape index (κ2) is 7.57. The third kappa shape index (κ3) is 3.88. The summed E-state index contributed by atoms with van der Waals surface area (Å²) in [6.45, 7) is 0.360. The van der Waals surface area contributed by atoms with Crippen LogP contribution >= 0.6 is 0 Å². The van der Waals surface area contributed by atoms with E-state index in [2.05, 4.69) is 10.3 Å². The average Bonchev–Trinajstić information content (AvgIpc) is 3.32. The molecule has 1 N–H and O–H groups in total. The van der Waals surface area contributed by atoms with Crippen molar-refractivity contribution in [2.45, 2.75) is 17.0 Å². The van der Waals surface area contributed by atoms with E-state index in [1.165, 1.54) is 29.0 Å². The number of hydrogen-bond acceptors (Lipinski definition) is 4. The Kier molecular flexibility index (Phi) is 5.10. The molecule has 0 unspecified atom stereocenters. The Labute approximate surface area is 167 Å². The maximum Gasteiger partial charge on any atom is 0.262 e. The maximum absolute atomic E-state index is 14.2. The molecule has 1 aliphatic rings. The fraction of sp³-hybridized carbons (Fsp3) is 0.250. The van der Waals surface area contributed by atoms with E-state index < -0.39 is 27.7 Å². The van der Waals surface area contributed by atoms with Gasteiger partial charge in [-0.25, -0.2) is 22.2 Å². The van der Waals surface area contributed by atoms with E-state index in [-0.39, 0.29) is 29.7 Å². The van der Waals surface area contributed by atoms with Gasteiger partial charge in [0.2, 0.25) is 0 Å². The number of hydrogen-bond donors (Lipinski definition) is 1. The van der Waals surface area contributed by atoms with Crippen LogP contribution in [0.25, 0.3) is 0 Å². The molecule has 29 heavy (non-hydrogen) atoms. The molecule has 9 heteroatoms. The number of aryl methyl sites for hydroxylation is 1. The summed E-state index contributed by atoms with van der Waals surface area (Å²) in [5.74, 6) is -1.60. The molecular weight excluding hydrogens is 398 g/mol. The van der Waals surface area contributed by atoms with E-state index in [1.807, 2.05) is 30.3 Å². The summed E-state index contributed by atoms with van der Waals surface area (Å²) in [5, 5.41) is 3.04. The van der Waals surface area contributed by atoms with Crippen molar-refractivity contribution in [3.63, 3.8) is 0 Å². The number of sulfonamides is 1. The molecule has 1 aliphatic heterocycles. The third-order valence-electron chi connectivity index (χ3n) is 5.07. The van der Waals surface area contributed by atoms with Crippen molar-refractivity contribution in [1.29, 1.82) is 0 Å². The van der Waals surface area contributed by atoms with Crippen LogP contribution in [-0.4, -0.2) is 41.4 Å². The second-order valence-electron chi connectivity index (χ2n) is 7.09. The monoisotopic (exact) mass is 418 g/mol. The Balaban J connectivity index is 1.66. The van der Waals surface area contributed by atoms with Gasteiger partial charge in [0, 0.05) is 44.4 Å². The number of nitrogens with one attached hydrogen (secondary N) is 1. The van der Waals surface area contributed by atoms with Crippen LogP contribution in [0.4, 0.5) is 14.5 Å². The Hall–Kier alpha value is -2.78. The van der Waals surface area contributed by atoms with Crippen LogP contribution in [0.3, 0.4) is 0 Å². The van der Waals surface area contributed by atoms with Crippen LogP contribution in [0.5, 0.6) is 0 Å². The number of benzene rings is 2. The molecule has 0 bridgehead atoms. The van der Waals surface area contributed by atoms with E-state index in [9.17, 15) is 17.2 Å². The average molecular weight is 418 g/mol. The van der Waals surface area contributed by atoms with Gasteiger partial charge in [0.15, 0.2) is 5.03 Å². The predicted octanol–water partition coefficient (Wildman–Crippen LogP) is 2.97. The molecule has 1 saturated heterocycles. The highest BCUT2D eigenvalue weighted by atomic mass is 32.2. The van der Waals surface area contributed by atoms with Crippen LogP contribution in [0, 0.1) is 11.6 Å². The standard InChI is InChI=1S/C20H20F2N4O2S/c1-25-12-20(23-13-25)29(27,28)26-10-16(14-5-3-2-4-6-14)19(11-26)24-18-8-7-15(21)9-17(18)22/h2-9,12-13,16,19,24H,10-11H2,1H3/t16-,19+/m0/s1. The summed E-state index contributed by atoms with van der Waals surface area (Å²) in [5.41, 5.74) is 1.07. The topological polar surface area (TPSA) is 67.2 Å². The number of anilines is 1. The smallest absolute Gasteiger partial charge is 0.262 e. The molecule has 4 rings (SSSR count). The van der Waals surface area contributed by atoms with Gasteiger partial charge in [0.1, 0.15) is 11.6 Å². The van der Waals surface area contributed by atoms with E-state index in [0.717, 1.165) is 11.6 Å². The van der Waals surface area contributed by atoms with Crippen molar-refractivity contribution >= 4 is 15.7 Å². The molecule has 1 aromatic heterocycles. The van der Waals surface area contributed by atoms with Gasteiger partial charge < -0.3 is 9.88 Å². The molecule has 2 heterocycles. The molecule has 0 amide bonds. The third-order valence-corrected chi connectivity index (χ3v) is 6.79. The number of aromatic nitrogens is 2. The number of imidazole rings is 1. The molecule has 6 nitrogen and oxygen atoms in total. The van der Waals surface area contributed by atoms with Crippen molar-refractivity contribution in [3.8, 4) is 0 Å². The molecular formula is C20H20F2N4O2S. The van der Waals surface area contributed by atoms with Gasteiger partial charge in [-0.15, -0.1) is 0 Å². The van der Waals surface area contributed by atoms with E-state index in [0.29, 0.717) is 0 Å². The molecule has 0 radical (unpaired) electrons. The zero-order chi connectivity index (χ0) is 20.6. The highest BCUT2D eigenvalue weighted by Gasteiger charge is 2.41. The Morgan fingerprint density at radius 3 is 2.52 bits per heavy atom. The summed E-state index contributed by atoms with van der Waals surface area (Å²) in [7, 11) is -2.09. The number of rotatable bonds is 5. The van der Waals surface area contributed by atoms with Crippen LogP contribution in [0.2, 0.25) is 0 Å². The van der Waals surface area contributed by atoms with Gasteiger partial charge >= 0.3 is 0 Å². The molecule has 2 atom stereocenters. The van der Waals surface area contributed by atoms with Crippen LogP contribution in [0.15, 0.2) is 66.1 Å². The van der Waals surface area contributed by atoms with Gasteiger partial charge in [0.25, 0.3) is 10.0 Å². The SMILES string of the molecule is Cn1cnc(S(=O)(=O)N2C[C@@H](Nc3ccc(F)cc3F)[C@H](c3ccccc3)C2)c1. The second-order valence-corrected chi connectivity index (χ2v) is 8.98. The molecule has 3 aromatic rings. The first-order chi connectivity index (χ1) is 13.8. The lowest BCUT2D eigenvalue weighted by Crippen LogP contribution is -2.32. The Morgan fingerprint density at radius 2 is 1.86 bits per heavy atom. The predicted molar refractivity (Wildman–Crippen MR) is 105 cm³/mol. The zero-order valence-corrected chi connectivity index (χ0v) is 16.5. The number of nitrogens with zero attached hydrogens (tertiary/aromatic N) is 3. The van der Waals surface area contributed by atoms with Crippen LogP contribution in [0.1, 0.15) is 11.5 Å².